The average molecular weight is 248 g/mol. The van der Waals surface area contributed by atoms with Crippen LogP contribution >= 0.6 is 0 Å². The lowest BCUT2D eigenvalue weighted by atomic mass is 10.0. The largest absolute Gasteiger partial charge is 0.205 e. The van der Waals surface area contributed by atoms with Gasteiger partial charge >= 0.3 is 0 Å². The van der Waals surface area contributed by atoms with Crippen molar-refractivity contribution in [2.75, 3.05) is 0 Å². The maximum Gasteiger partial charge on any atom is 0.171 e. The van der Waals surface area contributed by atoms with E-state index < -0.39 is 0 Å². The van der Waals surface area contributed by atoms with Gasteiger partial charge in [0.2, 0.25) is 0 Å². The molecule has 0 saturated heterocycles. The Bertz CT molecular complexity index is 317. The van der Waals surface area contributed by atoms with E-state index in [0.29, 0.717) is 0 Å². The molecule has 1 heterocycles. The summed E-state index contributed by atoms with van der Waals surface area (Å²) in [5, 5.41) is 0. The third-order valence-electron chi connectivity index (χ3n) is 3.53. The van der Waals surface area contributed by atoms with Crippen LogP contribution in [0, 0.1) is 5.92 Å². The summed E-state index contributed by atoms with van der Waals surface area (Å²) in [6.07, 6.45) is 13.9. The summed E-state index contributed by atoms with van der Waals surface area (Å²) in [5.41, 5.74) is 1.44. The fraction of sp³-hybridized carbons (Fsp3) is 0.706. The summed E-state index contributed by atoms with van der Waals surface area (Å²) in [6, 6.07) is 4.38. The first-order valence-electron chi connectivity index (χ1n) is 7.70. The van der Waals surface area contributed by atoms with Crippen LogP contribution in [0.3, 0.4) is 0 Å². The van der Waals surface area contributed by atoms with Gasteiger partial charge in [0.05, 0.1) is 0 Å². The van der Waals surface area contributed by atoms with Gasteiger partial charge in [-0.2, -0.15) is 0 Å². The van der Waals surface area contributed by atoms with Crippen LogP contribution in [-0.2, 0) is 13.0 Å². The topological polar surface area (TPSA) is 3.88 Å². The Labute approximate surface area is 113 Å². The lowest BCUT2D eigenvalue weighted by molar-refractivity contribution is -0.697. The first-order chi connectivity index (χ1) is 8.72. The molecular weight excluding hydrogens is 218 g/mol. The molecule has 0 aliphatic rings. The lowest BCUT2D eigenvalue weighted by Crippen LogP contribution is -2.33. The molecule has 1 nitrogen and oxygen atoms in total. The monoisotopic (exact) mass is 248 g/mol. The van der Waals surface area contributed by atoms with Crippen LogP contribution in [0.25, 0.3) is 0 Å². The molecule has 0 saturated carbocycles. The molecule has 0 spiro atoms. The molecule has 0 aliphatic carbocycles. The number of nitrogens with zero attached hydrogens (tertiary/aromatic N) is 1. The van der Waals surface area contributed by atoms with Gasteiger partial charge in [0.25, 0.3) is 0 Å². The first kappa shape index (κ1) is 15.2. The normalized spacial score (nSPS) is 11.1. The highest BCUT2D eigenvalue weighted by Crippen LogP contribution is 2.10. The third-order valence-corrected chi connectivity index (χ3v) is 3.53. The van der Waals surface area contributed by atoms with Crippen LogP contribution in [0.1, 0.15) is 64.9 Å². The van der Waals surface area contributed by atoms with Gasteiger partial charge in [0.15, 0.2) is 12.4 Å². The Morgan fingerprint density at radius 3 is 2.50 bits per heavy atom. The van der Waals surface area contributed by atoms with Gasteiger partial charge in [0, 0.05) is 18.1 Å². The number of unbranched alkanes of at least 4 members (excludes halogenated alkanes) is 4. The molecule has 0 amide bonds. The van der Waals surface area contributed by atoms with Crippen molar-refractivity contribution in [1.29, 1.82) is 0 Å². The number of rotatable bonds is 9. The zero-order chi connectivity index (χ0) is 13.2. The van der Waals surface area contributed by atoms with Gasteiger partial charge in [-0.3, -0.25) is 0 Å². The van der Waals surface area contributed by atoms with E-state index in [4.69, 9.17) is 0 Å². The molecule has 102 valence electrons. The van der Waals surface area contributed by atoms with E-state index in [2.05, 4.69) is 49.9 Å². The molecule has 0 fully saturated rings. The summed E-state index contributed by atoms with van der Waals surface area (Å²) < 4.78 is 2.34. The van der Waals surface area contributed by atoms with Crippen LogP contribution in [-0.4, -0.2) is 0 Å². The zero-order valence-electron chi connectivity index (χ0n) is 12.5. The van der Waals surface area contributed by atoms with Gasteiger partial charge in [0.1, 0.15) is 6.54 Å². The molecule has 0 bridgehead atoms. The fourth-order valence-corrected chi connectivity index (χ4v) is 2.30. The Morgan fingerprint density at radius 2 is 1.78 bits per heavy atom. The second-order valence-electron chi connectivity index (χ2n) is 5.75. The quantitative estimate of drug-likeness (QED) is 0.446. The Kier molecular flexibility index (Phi) is 7.71. The van der Waals surface area contributed by atoms with Crippen molar-refractivity contribution >= 4 is 0 Å². The van der Waals surface area contributed by atoms with Crippen molar-refractivity contribution < 1.29 is 4.57 Å². The molecule has 0 unspecified atom stereocenters. The molecule has 0 N–H and O–H groups in total. The van der Waals surface area contributed by atoms with Gasteiger partial charge in [-0.25, -0.2) is 4.57 Å². The summed E-state index contributed by atoms with van der Waals surface area (Å²) in [5.74, 6) is 0.873. The molecule has 1 aromatic rings. The first-order valence-corrected chi connectivity index (χ1v) is 7.70. The van der Waals surface area contributed by atoms with Crippen molar-refractivity contribution in [2.24, 2.45) is 5.92 Å². The Morgan fingerprint density at radius 1 is 1.06 bits per heavy atom. The number of aryl methyl sites for hydroxylation is 2. The Hall–Kier alpha value is -0.850. The van der Waals surface area contributed by atoms with Gasteiger partial charge in [-0.15, -0.1) is 0 Å². The second-order valence-corrected chi connectivity index (χ2v) is 5.75. The molecule has 0 atom stereocenters. The Balaban J connectivity index is 2.06. The SMILES string of the molecule is CCc1ccc[n+](CCCCCCCC(C)C)c1. The molecule has 0 aliphatic heterocycles. The summed E-state index contributed by atoms with van der Waals surface area (Å²) in [7, 11) is 0. The third kappa shape index (κ3) is 6.78. The highest BCUT2D eigenvalue weighted by Gasteiger charge is 2.01. The smallest absolute Gasteiger partial charge is 0.171 e. The number of aromatic nitrogens is 1. The summed E-state index contributed by atoms with van der Waals surface area (Å²) >= 11 is 0. The average Bonchev–Trinajstić information content (AvgIpc) is 2.37. The van der Waals surface area contributed by atoms with E-state index in [1.54, 1.807) is 0 Å². The molecule has 1 rings (SSSR count). The molecule has 18 heavy (non-hydrogen) atoms. The van der Waals surface area contributed by atoms with Crippen LogP contribution in [0.15, 0.2) is 24.5 Å². The van der Waals surface area contributed by atoms with Crippen LogP contribution in [0.2, 0.25) is 0 Å². The molecule has 1 heteroatoms. The number of pyridine rings is 1. The van der Waals surface area contributed by atoms with Crippen molar-refractivity contribution in [1.82, 2.24) is 0 Å². The predicted molar refractivity (Wildman–Crippen MR) is 78.6 cm³/mol. The zero-order valence-corrected chi connectivity index (χ0v) is 12.5. The maximum absolute atomic E-state index is 2.34. The second kappa shape index (κ2) is 9.13. The minimum Gasteiger partial charge on any atom is -0.205 e. The minimum atomic E-state index is 0.873. The maximum atomic E-state index is 2.34. The van der Waals surface area contributed by atoms with E-state index in [-0.39, 0.29) is 0 Å². The van der Waals surface area contributed by atoms with E-state index in [9.17, 15) is 0 Å². The van der Waals surface area contributed by atoms with Crippen LogP contribution in [0.4, 0.5) is 0 Å². The number of hydrogen-bond donors (Lipinski definition) is 0. The van der Waals surface area contributed by atoms with Crippen molar-refractivity contribution in [2.45, 2.75) is 72.3 Å². The van der Waals surface area contributed by atoms with E-state index in [1.807, 2.05) is 0 Å². The molecule has 1 aromatic heterocycles. The highest BCUT2D eigenvalue weighted by atomic mass is 14.9. The van der Waals surface area contributed by atoms with Crippen LogP contribution < -0.4 is 4.57 Å². The van der Waals surface area contributed by atoms with Crippen molar-refractivity contribution in [3.8, 4) is 0 Å². The van der Waals surface area contributed by atoms with Crippen molar-refractivity contribution in [3.63, 3.8) is 0 Å². The van der Waals surface area contributed by atoms with E-state index in [1.165, 1.54) is 50.6 Å². The summed E-state index contributed by atoms with van der Waals surface area (Å²) in [4.78, 5) is 0. The fourth-order valence-electron chi connectivity index (χ4n) is 2.30. The molecule has 0 radical (unpaired) electrons. The summed E-state index contributed by atoms with van der Waals surface area (Å²) in [6.45, 7) is 8.03. The van der Waals surface area contributed by atoms with Crippen molar-refractivity contribution in [3.05, 3.63) is 30.1 Å². The predicted octanol–water partition coefficient (Wildman–Crippen LogP) is 4.53. The standard InChI is InChI=1S/C17H30N/c1-4-17-12-10-14-18(15-17)13-9-7-5-6-8-11-16(2)3/h10,12,14-16H,4-9,11,13H2,1-3H3/q+1. The van der Waals surface area contributed by atoms with Crippen LogP contribution in [0.5, 0.6) is 0 Å². The van der Waals surface area contributed by atoms with Gasteiger partial charge in [-0.05, 0) is 24.8 Å². The van der Waals surface area contributed by atoms with Gasteiger partial charge in [-0.1, -0.05) is 46.5 Å². The van der Waals surface area contributed by atoms with Gasteiger partial charge < -0.3 is 0 Å². The highest BCUT2D eigenvalue weighted by molar-refractivity contribution is 5.04. The van der Waals surface area contributed by atoms with E-state index in [0.717, 1.165) is 12.3 Å². The van der Waals surface area contributed by atoms with E-state index >= 15 is 0 Å². The minimum absolute atomic E-state index is 0.873. The number of hydrogen-bond acceptors (Lipinski definition) is 0. The lowest BCUT2D eigenvalue weighted by Gasteiger charge is -2.03. The molecular formula is C17H30N+. The molecule has 0 aromatic carbocycles.